The summed E-state index contributed by atoms with van der Waals surface area (Å²) in [5, 5.41) is 7.95. The fourth-order valence-electron chi connectivity index (χ4n) is 2.04. The summed E-state index contributed by atoms with van der Waals surface area (Å²) in [7, 11) is 1.87. The summed E-state index contributed by atoms with van der Waals surface area (Å²) in [4.78, 5) is 0. The lowest BCUT2D eigenvalue weighted by Gasteiger charge is -2.26. The summed E-state index contributed by atoms with van der Waals surface area (Å²) >= 11 is 0. The van der Waals surface area contributed by atoms with Crippen LogP contribution in [0.4, 0.5) is 0 Å². The van der Waals surface area contributed by atoms with Crippen LogP contribution in [0.15, 0.2) is 6.20 Å². The molecular formula is C10H18N4O. The van der Waals surface area contributed by atoms with Crippen molar-refractivity contribution in [1.82, 2.24) is 15.0 Å². The van der Waals surface area contributed by atoms with Gasteiger partial charge < -0.3 is 10.5 Å². The minimum atomic E-state index is 0.186. The molecule has 2 rings (SSSR count). The zero-order valence-electron chi connectivity index (χ0n) is 9.09. The molecule has 0 saturated carbocycles. The monoisotopic (exact) mass is 210 g/mol. The van der Waals surface area contributed by atoms with Gasteiger partial charge in [0.2, 0.25) is 0 Å². The summed E-state index contributed by atoms with van der Waals surface area (Å²) < 4.78 is 7.03. The van der Waals surface area contributed by atoms with E-state index in [1.807, 2.05) is 13.2 Å². The first kappa shape index (κ1) is 10.6. The minimum absolute atomic E-state index is 0.186. The molecule has 84 valence electrons. The molecule has 2 heterocycles. The first-order valence-electron chi connectivity index (χ1n) is 5.44. The Kier molecular flexibility index (Phi) is 3.33. The van der Waals surface area contributed by atoms with Crippen molar-refractivity contribution in [3.63, 3.8) is 0 Å². The van der Waals surface area contributed by atoms with E-state index >= 15 is 0 Å². The summed E-state index contributed by atoms with van der Waals surface area (Å²) in [6, 6.07) is 0.186. The highest BCUT2D eigenvalue weighted by molar-refractivity contribution is 4.96. The van der Waals surface area contributed by atoms with Crippen molar-refractivity contribution in [3.8, 4) is 0 Å². The molecule has 2 N–H and O–H groups in total. The van der Waals surface area contributed by atoms with Crippen molar-refractivity contribution in [1.29, 1.82) is 0 Å². The summed E-state index contributed by atoms with van der Waals surface area (Å²) in [5.74, 6) is 0.570. The van der Waals surface area contributed by atoms with Crippen molar-refractivity contribution < 1.29 is 4.74 Å². The van der Waals surface area contributed by atoms with Gasteiger partial charge in [-0.05, 0) is 18.8 Å². The van der Waals surface area contributed by atoms with E-state index in [1.165, 1.54) is 0 Å². The second-order valence-corrected chi connectivity index (χ2v) is 4.20. The van der Waals surface area contributed by atoms with Gasteiger partial charge in [-0.1, -0.05) is 5.21 Å². The Hall–Kier alpha value is -0.940. The second-order valence-electron chi connectivity index (χ2n) is 4.20. The Balaban J connectivity index is 1.88. The lowest BCUT2D eigenvalue weighted by molar-refractivity contribution is 0.0584. The first-order chi connectivity index (χ1) is 7.25. The van der Waals surface area contributed by atoms with Gasteiger partial charge in [0.25, 0.3) is 0 Å². The molecule has 0 aromatic carbocycles. The minimum Gasteiger partial charge on any atom is -0.381 e. The van der Waals surface area contributed by atoms with Crippen LogP contribution < -0.4 is 5.73 Å². The zero-order chi connectivity index (χ0) is 10.7. The van der Waals surface area contributed by atoms with Crippen LogP contribution in [0.3, 0.4) is 0 Å². The summed E-state index contributed by atoms with van der Waals surface area (Å²) in [6.07, 6.45) is 4.89. The largest absolute Gasteiger partial charge is 0.381 e. The van der Waals surface area contributed by atoms with Crippen molar-refractivity contribution in [2.45, 2.75) is 25.3 Å². The van der Waals surface area contributed by atoms with Gasteiger partial charge in [-0.3, -0.25) is 4.68 Å². The number of nitrogens with zero attached hydrogens (tertiary/aromatic N) is 3. The maximum Gasteiger partial charge on any atom is 0.0842 e. The third-order valence-corrected chi connectivity index (χ3v) is 2.97. The van der Waals surface area contributed by atoms with E-state index in [4.69, 9.17) is 10.5 Å². The standard InChI is InChI=1S/C10H18N4O/c1-14-7-9(12-13-14)6-10(11)8-2-4-15-5-3-8/h7-8,10H,2-6,11H2,1H3. The Morgan fingerprint density at radius 2 is 2.33 bits per heavy atom. The van der Waals surface area contributed by atoms with Gasteiger partial charge in [0, 0.05) is 38.9 Å². The summed E-state index contributed by atoms with van der Waals surface area (Å²) in [6.45, 7) is 1.69. The molecule has 1 unspecified atom stereocenters. The van der Waals surface area contributed by atoms with E-state index in [2.05, 4.69) is 10.3 Å². The number of aryl methyl sites for hydroxylation is 1. The number of hydrogen-bond donors (Lipinski definition) is 1. The average molecular weight is 210 g/mol. The quantitative estimate of drug-likeness (QED) is 0.769. The molecule has 1 fully saturated rings. The van der Waals surface area contributed by atoms with Crippen molar-refractivity contribution in [2.24, 2.45) is 18.7 Å². The number of rotatable bonds is 3. The molecule has 15 heavy (non-hydrogen) atoms. The van der Waals surface area contributed by atoms with Crippen LogP contribution in [0.5, 0.6) is 0 Å². The van der Waals surface area contributed by atoms with E-state index in [-0.39, 0.29) is 6.04 Å². The molecule has 1 aromatic heterocycles. The third-order valence-electron chi connectivity index (χ3n) is 2.97. The average Bonchev–Trinajstić information content (AvgIpc) is 2.65. The zero-order valence-corrected chi connectivity index (χ0v) is 9.09. The first-order valence-corrected chi connectivity index (χ1v) is 5.44. The van der Waals surface area contributed by atoms with Crippen LogP contribution in [0.25, 0.3) is 0 Å². The van der Waals surface area contributed by atoms with Gasteiger partial charge in [-0.25, -0.2) is 0 Å². The molecular weight excluding hydrogens is 192 g/mol. The maximum atomic E-state index is 6.16. The maximum absolute atomic E-state index is 6.16. The fourth-order valence-corrected chi connectivity index (χ4v) is 2.04. The van der Waals surface area contributed by atoms with Crippen LogP contribution in [-0.4, -0.2) is 34.2 Å². The predicted octanol–water partition coefficient (Wildman–Crippen LogP) is 0.111. The molecule has 1 aromatic rings. The highest BCUT2D eigenvalue weighted by Gasteiger charge is 2.21. The van der Waals surface area contributed by atoms with Crippen LogP contribution >= 0.6 is 0 Å². The van der Waals surface area contributed by atoms with E-state index in [0.29, 0.717) is 5.92 Å². The Morgan fingerprint density at radius 3 is 2.93 bits per heavy atom. The predicted molar refractivity (Wildman–Crippen MR) is 56.2 cm³/mol. The number of ether oxygens (including phenoxy) is 1. The SMILES string of the molecule is Cn1cc(CC(N)C2CCOCC2)nn1. The van der Waals surface area contributed by atoms with Gasteiger partial charge in [0.05, 0.1) is 5.69 Å². The molecule has 1 aliphatic rings. The van der Waals surface area contributed by atoms with Gasteiger partial charge in [0.15, 0.2) is 0 Å². The fraction of sp³-hybridized carbons (Fsp3) is 0.800. The lowest BCUT2D eigenvalue weighted by atomic mass is 9.90. The number of aromatic nitrogens is 3. The van der Waals surface area contributed by atoms with Crippen LogP contribution in [0.1, 0.15) is 18.5 Å². The molecule has 0 amide bonds. The van der Waals surface area contributed by atoms with Crippen LogP contribution in [-0.2, 0) is 18.2 Å². The molecule has 1 saturated heterocycles. The van der Waals surface area contributed by atoms with Gasteiger partial charge in [-0.15, -0.1) is 5.10 Å². The second kappa shape index (κ2) is 4.72. The highest BCUT2D eigenvalue weighted by Crippen LogP contribution is 2.19. The van der Waals surface area contributed by atoms with Crippen molar-refractivity contribution in [3.05, 3.63) is 11.9 Å². The third kappa shape index (κ3) is 2.76. The molecule has 1 aliphatic heterocycles. The molecule has 0 bridgehead atoms. The molecule has 5 nitrogen and oxygen atoms in total. The van der Waals surface area contributed by atoms with Crippen LogP contribution in [0, 0.1) is 5.92 Å². The van der Waals surface area contributed by atoms with E-state index in [0.717, 1.165) is 38.2 Å². The molecule has 1 atom stereocenters. The van der Waals surface area contributed by atoms with Crippen molar-refractivity contribution in [2.75, 3.05) is 13.2 Å². The Bertz CT molecular complexity index is 306. The lowest BCUT2D eigenvalue weighted by Crippen LogP contribution is -2.36. The normalized spacial score (nSPS) is 20.4. The Labute approximate surface area is 89.6 Å². The molecule has 5 heteroatoms. The number of nitrogens with two attached hydrogens (primary N) is 1. The van der Waals surface area contributed by atoms with E-state index < -0.39 is 0 Å². The molecule has 0 aliphatic carbocycles. The topological polar surface area (TPSA) is 66.0 Å². The smallest absolute Gasteiger partial charge is 0.0842 e. The Morgan fingerprint density at radius 1 is 1.60 bits per heavy atom. The van der Waals surface area contributed by atoms with Crippen molar-refractivity contribution >= 4 is 0 Å². The van der Waals surface area contributed by atoms with Crippen LogP contribution in [0.2, 0.25) is 0 Å². The van der Waals surface area contributed by atoms with Gasteiger partial charge >= 0.3 is 0 Å². The van der Waals surface area contributed by atoms with Gasteiger partial charge in [0.1, 0.15) is 0 Å². The van der Waals surface area contributed by atoms with E-state index in [9.17, 15) is 0 Å². The molecule has 0 radical (unpaired) electrons. The summed E-state index contributed by atoms with van der Waals surface area (Å²) in [5.41, 5.74) is 7.14. The van der Waals surface area contributed by atoms with Gasteiger partial charge in [-0.2, -0.15) is 0 Å². The van der Waals surface area contributed by atoms with E-state index in [1.54, 1.807) is 4.68 Å². The number of hydrogen-bond acceptors (Lipinski definition) is 4. The molecule has 0 spiro atoms. The highest BCUT2D eigenvalue weighted by atomic mass is 16.5.